The largest absolute Gasteiger partial charge is 0.269 e. The molecule has 0 rings (SSSR count). The summed E-state index contributed by atoms with van der Waals surface area (Å²) in [5.41, 5.74) is 0. The van der Waals surface area contributed by atoms with E-state index in [1.807, 2.05) is 0 Å². The van der Waals surface area contributed by atoms with Crippen molar-refractivity contribution < 1.29 is 4.70 Å². The molecule has 0 aromatic heterocycles. The molecule has 0 nitrogen and oxygen atoms in total. The molecule has 0 aliphatic carbocycles. The normalized spacial score (nSPS) is 1.00. The van der Waals surface area contributed by atoms with E-state index in [1.165, 1.54) is 0 Å². The van der Waals surface area contributed by atoms with Crippen LogP contribution in [0.5, 0.6) is 0 Å². The van der Waals surface area contributed by atoms with Crippen LogP contribution in [0.15, 0.2) is 13.2 Å². The first kappa shape index (κ1) is 35.2. The van der Waals surface area contributed by atoms with E-state index in [0.717, 1.165) is 0 Å². The van der Waals surface area contributed by atoms with Gasteiger partial charge in [0.25, 0.3) is 0 Å². The van der Waals surface area contributed by atoms with Gasteiger partial charge in [0.15, 0.2) is 0 Å². The maximum absolute atomic E-state index is 3.00. The van der Waals surface area contributed by atoms with E-state index in [0.29, 0.717) is 0 Å². The Labute approximate surface area is 32.3 Å². The Morgan fingerprint density at radius 1 is 1.00 bits per heavy atom. The lowest BCUT2D eigenvalue weighted by molar-refractivity contribution is 1.11. The monoisotopic (exact) mass is 82.0 g/mol. The maximum Gasteiger partial charge on any atom is -0.106 e. The first-order valence-corrected chi connectivity index (χ1v) is 0.500. The van der Waals surface area contributed by atoms with Crippen molar-refractivity contribution in [3.8, 4) is 0 Å². The molecule has 0 aromatic carbocycles. The van der Waals surface area contributed by atoms with Crippen molar-refractivity contribution in [3.05, 3.63) is 13.2 Å². The van der Waals surface area contributed by atoms with Crippen LogP contribution in [-0.4, -0.2) is 0 Å². The fourth-order valence-corrected chi connectivity index (χ4v) is 0. The molecule has 0 fully saturated rings. The van der Waals surface area contributed by atoms with Gasteiger partial charge in [0.2, 0.25) is 0 Å². The van der Waals surface area contributed by atoms with E-state index < -0.39 is 0 Å². The Bertz CT molecular complexity index is 6.00. The molecule has 0 saturated carbocycles. The third kappa shape index (κ3) is 5250. The van der Waals surface area contributed by atoms with E-state index in [2.05, 4.69) is 13.2 Å². The molecule has 0 saturated heterocycles. The van der Waals surface area contributed by atoms with Gasteiger partial charge in [-0.15, -0.1) is 13.2 Å². The number of hydrogen-bond donors (Lipinski definition) is 0. The second-order valence-electron chi connectivity index (χ2n) is 0. The summed E-state index contributed by atoms with van der Waals surface area (Å²) in [6.07, 6.45) is 0. The van der Waals surface area contributed by atoms with Gasteiger partial charge in [0.05, 0.1) is 0 Å². The molecule has 0 amide bonds. The minimum absolute atomic E-state index is 0. The molecule has 0 radical (unpaired) electrons. The van der Waals surface area contributed by atoms with Crippen molar-refractivity contribution >= 4 is 13.5 Å². The van der Waals surface area contributed by atoms with Crippen LogP contribution in [0, 0.1) is 0 Å². The van der Waals surface area contributed by atoms with E-state index in [1.54, 1.807) is 0 Å². The van der Waals surface area contributed by atoms with Crippen molar-refractivity contribution in [2.45, 2.75) is 0 Å². The van der Waals surface area contributed by atoms with Gasteiger partial charge in [-0.2, -0.15) is 13.5 Å². The van der Waals surface area contributed by atoms with Gasteiger partial charge in [0, 0.05) is 0 Å². The first-order valence-electron chi connectivity index (χ1n) is 0.500. The van der Waals surface area contributed by atoms with Crippen LogP contribution in [0.25, 0.3) is 0 Å². The highest BCUT2D eigenvalue weighted by Crippen LogP contribution is 0.862. The fourth-order valence-electron chi connectivity index (χ4n) is 0. The van der Waals surface area contributed by atoms with Crippen molar-refractivity contribution in [3.63, 3.8) is 0 Å². The van der Waals surface area contributed by atoms with Crippen LogP contribution >= 0.6 is 13.5 Å². The zero-order valence-electron chi connectivity index (χ0n) is 2.32. The topological polar surface area (TPSA) is 0 Å². The zero-order chi connectivity index (χ0) is 2.00. The van der Waals surface area contributed by atoms with Gasteiger partial charge in [-0.05, 0) is 0 Å². The number of hydrogen-bond acceptors (Lipinski definition) is 0. The summed E-state index contributed by atoms with van der Waals surface area (Å²) in [4.78, 5) is 0. The molecule has 0 aromatic rings. The second-order valence-corrected chi connectivity index (χ2v) is 0. The molecule has 0 unspecified atom stereocenters. The molecule has 4 heavy (non-hydrogen) atoms. The van der Waals surface area contributed by atoms with E-state index in [9.17, 15) is 0 Å². The lowest BCUT2D eigenvalue weighted by atomic mass is 11.3. The van der Waals surface area contributed by atoms with Crippen molar-refractivity contribution in [2.75, 3.05) is 0 Å². The molecular formula is C2H7FS. The van der Waals surface area contributed by atoms with Gasteiger partial charge in [0.1, 0.15) is 0 Å². The smallest absolute Gasteiger partial charge is 0.106 e. The second kappa shape index (κ2) is 30800. The fraction of sp³-hybridized carbons (Fsp3) is 0. The summed E-state index contributed by atoms with van der Waals surface area (Å²) >= 11 is 0. The van der Waals surface area contributed by atoms with Gasteiger partial charge in [-0.3, -0.25) is 4.70 Å². The third-order valence-electron chi connectivity index (χ3n) is 0. The molecule has 28 valence electrons. The van der Waals surface area contributed by atoms with E-state index >= 15 is 0 Å². The summed E-state index contributed by atoms with van der Waals surface area (Å²) in [7, 11) is 0. The van der Waals surface area contributed by atoms with Crippen LogP contribution in [0.2, 0.25) is 0 Å². The summed E-state index contributed by atoms with van der Waals surface area (Å²) in [5, 5.41) is 0. The van der Waals surface area contributed by atoms with Crippen LogP contribution in [0.4, 0.5) is 4.70 Å². The van der Waals surface area contributed by atoms with Crippen molar-refractivity contribution in [1.82, 2.24) is 0 Å². The molecule has 0 spiro atoms. The molecule has 0 aliphatic heterocycles. The highest BCUT2D eigenvalue weighted by molar-refractivity contribution is 7.59. The maximum atomic E-state index is 3.00. The number of halogens is 1. The Kier molecular flexibility index (Phi) is 271000. The quantitative estimate of drug-likeness (QED) is 0.383. The predicted molar refractivity (Wildman–Crippen MR) is 24.1 cm³/mol. The van der Waals surface area contributed by atoms with Crippen LogP contribution in [-0.2, 0) is 0 Å². The Hall–Kier alpha value is 0.0200. The molecule has 0 heterocycles. The lowest BCUT2D eigenvalue weighted by Crippen LogP contribution is -0.552. The standard InChI is InChI=1S/C2H4.FH.H2S/c1-2;;/h1-2H2;1H;1H2. The van der Waals surface area contributed by atoms with Crippen LogP contribution in [0.3, 0.4) is 0 Å². The molecule has 2 heteroatoms. The summed E-state index contributed by atoms with van der Waals surface area (Å²) in [6.45, 7) is 6.00. The molecule has 0 N–H and O–H groups in total. The Morgan fingerprint density at radius 3 is 1.00 bits per heavy atom. The van der Waals surface area contributed by atoms with Crippen LogP contribution < -0.4 is 0 Å². The van der Waals surface area contributed by atoms with Crippen molar-refractivity contribution in [2.24, 2.45) is 0 Å². The van der Waals surface area contributed by atoms with Crippen LogP contribution in [0.1, 0.15) is 0 Å². The predicted octanol–water partition coefficient (Wildman–Crippen LogP) is 1.07. The minimum atomic E-state index is 0. The zero-order valence-corrected chi connectivity index (χ0v) is 3.32. The van der Waals surface area contributed by atoms with E-state index in [-0.39, 0.29) is 18.2 Å². The van der Waals surface area contributed by atoms with Gasteiger partial charge < -0.3 is 0 Å². The average molecular weight is 82.1 g/mol. The summed E-state index contributed by atoms with van der Waals surface area (Å²) < 4.78 is 0. The third-order valence-corrected chi connectivity index (χ3v) is 0. The van der Waals surface area contributed by atoms with E-state index in [4.69, 9.17) is 0 Å². The Balaban J connectivity index is -0.00000000500. The Morgan fingerprint density at radius 2 is 1.00 bits per heavy atom. The molecule has 0 atom stereocenters. The molecule has 0 bridgehead atoms. The van der Waals surface area contributed by atoms with Gasteiger partial charge >= 0.3 is 0 Å². The van der Waals surface area contributed by atoms with Gasteiger partial charge in [-0.1, -0.05) is 0 Å². The first-order chi connectivity index (χ1) is 1.00. The minimum Gasteiger partial charge on any atom is -0.269 e. The molecule has 0 aliphatic rings. The summed E-state index contributed by atoms with van der Waals surface area (Å²) in [5.74, 6) is 0. The lowest BCUT2D eigenvalue weighted by Gasteiger charge is -0.813. The molecular weight excluding hydrogens is 75.1 g/mol. The summed E-state index contributed by atoms with van der Waals surface area (Å²) in [6, 6.07) is 0. The highest BCUT2D eigenvalue weighted by Gasteiger charge is 0.601. The average Bonchev–Trinajstić information content (AvgIpc) is 1.00. The van der Waals surface area contributed by atoms with Gasteiger partial charge in [-0.25, -0.2) is 0 Å². The van der Waals surface area contributed by atoms with Crippen molar-refractivity contribution in [1.29, 1.82) is 0 Å². The number of rotatable bonds is 0. The highest BCUT2D eigenvalue weighted by atomic mass is 32.1. The SMILES string of the molecule is C=C.F.S.